The molecule has 0 aliphatic carbocycles. The molecule has 0 bridgehead atoms. The zero-order valence-corrected chi connectivity index (χ0v) is 13.8. The molecule has 0 amide bonds. The van der Waals surface area contributed by atoms with E-state index < -0.39 is 0 Å². The Morgan fingerprint density at radius 1 is 1.24 bits per heavy atom. The lowest BCUT2D eigenvalue weighted by Gasteiger charge is -2.26. The zero-order valence-electron chi connectivity index (χ0n) is 13.0. The van der Waals surface area contributed by atoms with E-state index in [-0.39, 0.29) is 17.5 Å². The van der Waals surface area contributed by atoms with Crippen molar-refractivity contribution in [2.75, 3.05) is 18.5 Å². The topological polar surface area (TPSA) is 38.2 Å². The summed E-state index contributed by atoms with van der Waals surface area (Å²) in [5.41, 5.74) is 0.858. The van der Waals surface area contributed by atoms with Gasteiger partial charge in [-0.2, -0.15) is 4.98 Å². The highest BCUT2D eigenvalue weighted by Crippen LogP contribution is 2.25. The van der Waals surface area contributed by atoms with Crippen molar-refractivity contribution >= 4 is 28.3 Å². The first kappa shape index (κ1) is 16.0. The second-order valence-electron chi connectivity index (χ2n) is 5.43. The molecule has 5 heteroatoms. The number of anilines is 1. The standard InChI is InChI=1S/C16H22ClN3O/c1-5-12(21-11(2)3)10-20(4)15-13-8-6-7-9-14(13)18-16(17)19-15/h6-9,11-12H,5,10H2,1-4H3. The van der Waals surface area contributed by atoms with Crippen LogP contribution in [-0.2, 0) is 4.74 Å². The smallest absolute Gasteiger partial charge is 0.224 e. The molecule has 4 nitrogen and oxygen atoms in total. The van der Waals surface area contributed by atoms with Crippen LogP contribution >= 0.6 is 11.6 Å². The van der Waals surface area contributed by atoms with Crippen LogP contribution in [-0.4, -0.2) is 35.8 Å². The maximum atomic E-state index is 6.04. The predicted octanol–water partition coefficient (Wildman–Crippen LogP) is 3.92. The molecule has 0 spiro atoms. The molecule has 1 heterocycles. The van der Waals surface area contributed by atoms with Gasteiger partial charge in [0.1, 0.15) is 5.82 Å². The summed E-state index contributed by atoms with van der Waals surface area (Å²) in [6, 6.07) is 7.90. The van der Waals surface area contributed by atoms with E-state index in [1.165, 1.54) is 0 Å². The first-order valence-corrected chi connectivity index (χ1v) is 7.68. The van der Waals surface area contributed by atoms with Gasteiger partial charge < -0.3 is 9.64 Å². The van der Waals surface area contributed by atoms with Crippen LogP contribution < -0.4 is 4.90 Å². The largest absolute Gasteiger partial charge is 0.374 e. The molecular weight excluding hydrogens is 286 g/mol. The molecule has 1 unspecified atom stereocenters. The molecule has 114 valence electrons. The zero-order chi connectivity index (χ0) is 15.4. The van der Waals surface area contributed by atoms with Gasteiger partial charge in [-0.25, -0.2) is 4.98 Å². The third-order valence-electron chi connectivity index (χ3n) is 3.31. The molecule has 21 heavy (non-hydrogen) atoms. The lowest BCUT2D eigenvalue weighted by Crippen LogP contribution is -2.33. The molecular formula is C16H22ClN3O. The maximum absolute atomic E-state index is 6.04. The van der Waals surface area contributed by atoms with Crippen molar-refractivity contribution in [1.29, 1.82) is 0 Å². The fraction of sp³-hybridized carbons (Fsp3) is 0.500. The third-order valence-corrected chi connectivity index (χ3v) is 3.48. The summed E-state index contributed by atoms with van der Waals surface area (Å²) in [6.07, 6.45) is 1.34. The second kappa shape index (κ2) is 7.05. The van der Waals surface area contributed by atoms with E-state index in [0.717, 1.165) is 29.7 Å². The minimum absolute atomic E-state index is 0.169. The summed E-state index contributed by atoms with van der Waals surface area (Å²) >= 11 is 6.04. The Hall–Kier alpha value is -1.39. The van der Waals surface area contributed by atoms with E-state index in [4.69, 9.17) is 16.3 Å². The Morgan fingerprint density at radius 3 is 2.62 bits per heavy atom. The van der Waals surface area contributed by atoms with Gasteiger partial charge in [-0.1, -0.05) is 19.1 Å². The van der Waals surface area contributed by atoms with Gasteiger partial charge in [0.15, 0.2) is 0 Å². The molecule has 1 aromatic carbocycles. The van der Waals surface area contributed by atoms with Crippen LogP contribution in [0.15, 0.2) is 24.3 Å². The number of fused-ring (bicyclic) bond motifs is 1. The Kier molecular flexibility index (Phi) is 5.37. The molecule has 0 aliphatic heterocycles. The average Bonchev–Trinajstić information content (AvgIpc) is 2.44. The van der Waals surface area contributed by atoms with Crippen molar-refractivity contribution in [3.63, 3.8) is 0 Å². The van der Waals surface area contributed by atoms with Crippen molar-refractivity contribution in [2.24, 2.45) is 0 Å². The maximum Gasteiger partial charge on any atom is 0.224 e. The van der Waals surface area contributed by atoms with Crippen molar-refractivity contribution in [1.82, 2.24) is 9.97 Å². The van der Waals surface area contributed by atoms with Gasteiger partial charge in [-0.3, -0.25) is 0 Å². The normalized spacial score (nSPS) is 12.9. The van der Waals surface area contributed by atoms with Crippen molar-refractivity contribution in [3.8, 4) is 0 Å². The molecule has 1 aromatic heterocycles. The van der Waals surface area contributed by atoms with Crippen LogP contribution in [0.5, 0.6) is 0 Å². The molecule has 2 rings (SSSR count). The predicted molar refractivity (Wildman–Crippen MR) is 88.1 cm³/mol. The number of ether oxygens (including phenoxy) is 1. The number of aromatic nitrogens is 2. The molecule has 0 N–H and O–H groups in total. The Bertz CT molecular complexity index is 603. The van der Waals surface area contributed by atoms with E-state index in [1.807, 2.05) is 31.3 Å². The molecule has 1 atom stereocenters. The second-order valence-corrected chi connectivity index (χ2v) is 5.77. The molecule has 2 aromatic rings. The quantitative estimate of drug-likeness (QED) is 0.758. The number of para-hydroxylation sites is 1. The monoisotopic (exact) mass is 307 g/mol. The number of hydrogen-bond donors (Lipinski definition) is 0. The Balaban J connectivity index is 2.28. The SMILES string of the molecule is CCC(CN(C)c1nc(Cl)nc2ccccc12)OC(C)C. The van der Waals surface area contributed by atoms with E-state index in [2.05, 4.69) is 35.6 Å². The van der Waals surface area contributed by atoms with Crippen LogP contribution in [0, 0.1) is 0 Å². The van der Waals surface area contributed by atoms with Gasteiger partial charge >= 0.3 is 0 Å². The number of likely N-dealkylation sites (N-methyl/N-ethyl adjacent to an activating group) is 1. The van der Waals surface area contributed by atoms with Crippen LogP contribution in [0.3, 0.4) is 0 Å². The summed E-state index contributed by atoms with van der Waals surface area (Å²) in [5, 5.41) is 1.28. The van der Waals surface area contributed by atoms with Gasteiger partial charge in [-0.05, 0) is 44.0 Å². The number of hydrogen-bond acceptors (Lipinski definition) is 4. The fourth-order valence-corrected chi connectivity index (χ4v) is 2.54. The molecule has 0 fully saturated rings. The number of rotatable bonds is 6. The Labute approximate surface area is 131 Å². The van der Waals surface area contributed by atoms with Gasteiger partial charge in [0, 0.05) is 19.0 Å². The van der Waals surface area contributed by atoms with Crippen LogP contribution in [0.1, 0.15) is 27.2 Å². The first-order chi connectivity index (χ1) is 10.0. The number of nitrogens with zero attached hydrogens (tertiary/aromatic N) is 3. The number of halogens is 1. The van der Waals surface area contributed by atoms with E-state index >= 15 is 0 Å². The number of benzene rings is 1. The lowest BCUT2D eigenvalue weighted by atomic mass is 10.2. The van der Waals surface area contributed by atoms with Crippen LogP contribution in [0.4, 0.5) is 5.82 Å². The highest BCUT2D eigenvalue weighted by molar-refractivity contribution is 6.28. The lowest BCUT2D eigenvalue weighted by molar-refractivity contribution is 0.0109. The summed E-state index contributed by atoms with van der Waals surface area (Å²) < 4.78 is 5.92. The van der Waals surface area contributed by atoms with Gasteiger partial charge in [0.05, 0.1) is 17.7 Å². The van der Waals surface area contributed by atoms with Crippen molar-refractivity contribution in [3.05, 3.63) is 29.5 Å². The molecule has 0 radical (unpaired) electrons. The molecule has 0 saturated carbocycles. The van der Waals surface area contributed by atoms with E-state index in [9.17, 15) is 0 Å². The van der Waals surface area contributed by atoms with Gasteiger partial charge in [-0.15, -0.1) is 0 Å². The van der Waals surface area contributed by atoms with E-state index in [1.54, 1.807) is 0 Å². The minimum Gasteiger partial charge on any atom is -0.374 e. The summed E-state index contributed by atoms with van der Waals surface area (Å²) in [6.45, 7) is 7.01. The van der Waals surface area contributed by atoms with Crippen LogP contribution in [0.25, 0.3) is 10.9 Å². The Morgan fingerprint density at radius 2 is 1.95 bits per heavy atom. The highest BCUT2D eigenvalue weighted by Gasteiger charge is 2.16. The third kappa shape index (κ3) is 4.05. The van der Waals surface area contributed by atoms with Crippen LogP contribution in [0.2, 0.25) is 5.28 Å². The highest BCUT2D eigenvalue weighted by atomic mass is 35.5. The first-order valence-electron chi connectivity index (χ1n) is 7.30. The van der Waals surface area contributed by atoms with Crippen molar-refractivity contribution in [2.45, 2.75) is 39.4 Å². The summed E-state index contributed by atoms with van der Waals surface area (Å²) in [4.78, 5) is 10.7. The van der Waals surface area contributed by atoms with Crippen molar-refractivity contribution < 1.29 is 4.74 Å². The fourth-order valence-electron chi connectivity index (χ4n) is 2.37. The van der Waals surface area contributed by atoms with E-state index in [0.29, 0.717) is 0 Å². The van der Waals surface area contributed by atoms with Gasteiger partial charge in [0.2, 0.25) is 5.28 Å². The summed E-state index contributed by atoms with van der Waals surface area (Å²) in [7, 11) is 2.01. The average molecular weight is 308 g/mol. The van der Waals surface area contributed by atoms with Gasteiger partial charge in [0.25, 0.3) is 0 Å². The summed E-state index contributed by atoms with van der Waals surface area (Å²) in [5.74, 6) is 0.844. The minimum atomic E-state index is 0.169. The molecule has 0 aliphatic rings. The molecule has 0 saturated heterocycles.